The molecule has 10 aromatic carbocycles. The van der Waals surface area contributed by atoms with E-state index in [-0.39, 0.29) is 0 Å². The van der Waals surface area contributed by atoms with Crippen molar-refractivity contribution < 1.29 is 0 Å². The molecule has 0 bridgehead atoms. The number of hydrogen-bond donors (Lipinski definition) is 0. The van der Waals surface area contributed by atoms with Gasteiger partial charge in [0.2, 0.25) is 0 Å². The van der Waals surface area contributed by atoms with Gasteiger partial charge in [0.1, 0.15) is 0 Å². The second-order valence-electron chi connectivity index (χ2n) is 16.7. The van der Waals surface area contributed by atoms with Gasteiger partial charge in [-0.3, -0.25) is 4.98 Å². The molecule has 66 heavy (non-hydrogen) atoms. The highest BCUT2D eigenvalue weighted by molar-refractivity contribution is 6.27. The molecule has 306 valence electrons. The van der Waals surface area contributed by atoms with E-state index in [9.17, 15) is 0 Å². The Labute approximate surface area is 379 Å². The maximum atomic E-state index is 5.18. The normalized spacial score (nSPS) is 11.6. The summed E-state index contributed by atoms with van der Waals surface area (Å²) in [6.07, 6.45) is 5.39. The van der Waals surface area contributed by atoms with Crippen LogP contribution in [0.25, 0.3) is 133 Å². The summed E-state index contributed by atoms with van der Waals surface area (Å²) >= 11 is 0. The molecule has 0 unspecified atom stereocenters. The third-order valence-electron chi connectivity index (χ3n) is 12.8. The maximum absolute atomic E-state index is 5.18. The molecule has 6 nitrogen and oxygen atoms in total. The molecule has 13 aromatic rings. The fourth-order valence-corrected chi connectivity index (χ4v) is 9.71. The van der Waals surface area contributed by atoms with Crippen molar-refractivity contribution in [2.24, 2.45) is 0 Å². The quantitative estimate of drug-likeness (QED) is 0.155. The van der Waals surface area contributed by atoms with Gasteiger partial charge >= 0.3 is 0 Å². The minimum Gasteiger partial charge on any atom is -0.265 e. The van der Waals surface area contributed by atoms with Crippen LogP contribution in [-0.2, 0) is 0 Å². The van der Waals surface area contributed by atoms with Crippen molar-refractivity contribution in [1.29, 1.82) is 0 Å². The topological polar surface area (TPSA) is 77.3 Å². The van der Waals surface area contributed by atoms with E-state index in [1.54, 1.807) is 12.4 Å². The van der Waals surface area contributed by atoms with Crippen LogP contribution in [0.2, 0.25) is 0 Å². The van der Waals surface area contributed by atoms with Crippen molar-refractivity contribution in [3.63, 3.8) is 0 Å². The van der Waals surface area contributed by atoms with Gasteiger partial charge in [-0.25, -0.2) is 24.9 Å². The Balaban J connectivity index is 0.882. The van der Waals surface area contributed by atoms with Gasteiger partial charge in [0.25, 0.3) is 0 Å². The summed E-state index contributed by atoms with van der Waals surface area (Å²) in [5, 5.41) is 14.7. The lowest BCUT2D eigenvalue weighted by Gasteiger charge is -2.13. The number of benzene rings is 10. The van der Waals surface area contributed by atoms with Crippen molar-refractivity contribution >= 4 is 64.6 Å². The van der Waals surface area contributed by atoms with Crippen molar-refractivity contribution in [1.82, 2.24) is 29.9 Å². The molecular formula is C60H36N6. The Kier molecular flexibility index (Phi) is 8.74. The second kappa shape index (κ2) is 15.4. The predicted molar refractivity (Wildman–Crippen MR) is 271 cm³/mol. The molecule has 3 heterocycles. The monoisotopic (exact) mass is 840 g/mol. The number of aromatic nitrogens is 6. The Hall–Kier alpha value is -9.00. The van der Waals surface area contributed by atoms with E-state index in [1.165, 1.54) is 59.2 Å². The molecule has 6 heteroatoms. The van der Waals surface area contributed by atoms with Crippen LogP contribution in [0.4, 0.5) is 0 Å². The molecule has 0 atom stereocenters. The summed E-state index contributed by atoms with van der Waals surface area (Å²) in [6, 6.07) is 70.4. The van der Waals surface area contributed by atoms with Crippen molar-refractivity contribution in [2.75, 3.05) is 0 Å². The number of pyridine rings is 1. The van der Waals surface area contributed by atoms with Gasteiger partial charge < -0.3 is 0 Å². The summed E-state index contributed by atoms with van der Waals surface area (Å²) < 4.78 is 0. The summed E-state index contributed by atoms with van der Waals surface area (Å²) in [5.41, 5.74) is 7.56. The third-order valence-corrected chi connectivity index (χ3v) is 12.8. The van der Waals surface area contributed by atoms with Gasteiger partial charge in [-0.1, -0.05) is 158 Å². The highest BCUT2D eigenvalue weighted by Gasteiger charge is 2.17. The van der Waals surface area contributed by atoms with Crippen molar-refractivity contribution in [2.45, 2.75) is 0 Å². The van der Waals surface area contributed by atoms with Crippen LogP contribution in [0, 0.1) is 0 Å². The SMILES string of the molecule is c1cc(-c2cccc(-c3nc(-c4ccncc4)nc(-c4ccc5c6ccccc6c6ccccc6c5c4)n3)c2)cc(-c2nccc(-c3ccc4c5ccccc5c5ccccc5c4c3)n2)c1. The van der Waals surface area contributed by atoms with Gasteiger partial charge in [0, 0.05) is 46.4 Å². The minimum atomic E-state index is 0.582. The maximum Gasteiger partial charge on any atom is 0.164 e. The molecule has 0 aliphatic heterocycles. The van der Waals surface area contributed by atoms with E-state index in [0.717, 1.165) is 50.0 Å². The number of nitrogens with zero attached hydrogens (tertiary/aromatic N) is 6. The van der Waals surface area contributed by atoms with E-state index >= 15 is 0 Å². The second-order valence-corrected chi connectivity index (χ2v) is 16.7. The summed E-state index contributed by atoms with van der Waals surface area (Å²) in [7, 11) is 0. The average molecular weight is 841 g/mol. The lowest BCUT2D eigenvalue weighted by Crippen LogP contribution is -2.00. The van der Waals surface area contributed by atoms with Crippen LogP contribution >= 0.6 is 0 Å². The van der Waals surface area contributed by atoms with Crippen LogP contribution < -0.4 is 0 Å². The predicted octanol–water partition coefficient (Wildman–Crippen LogP) is 15.0. The minimum absolute atomic E-state index is 0.582. The first-order valence-electron chi connectivity index (χ1n) is 22.1. The van der Waals surface area contributed by atoms with Crippen LogP contribution in [0.5, 0.6) is 0 Å². The number of hydrogen-bond acceptors (Lipinski definition) is 6. The Morgan fingerprint density at radius 3 is 1.09 bits per heavy atom. The number of fused-ring (bicyclic) bond motifs is 12. The van der Waals surface area contributed by atoms with E-state index in [1.807, 2.05) is 24.4 Å². The third kappa shape index (κ3) is 6.34. The molecule has 0 aliphatic rings. The zero-order valence-corrected chi connectivity index (χ0v) is 35.5. The highest BCUT2D eigenvalue weighted by atomic mass is 15.0. The zero-order valence-electron chi connectivity index (χ0n) is 35.5. The van der Waals surface area contributed by atoms with Crippen LogP contribution in [0.15, 0.2) is 219 Å². The Bertz CT molecular complexity index is 4000. The van der Waals surface area contributed by atoms with Gasteiger partial charge in [-0.2, -0.15) is 0 Å². The van der Waals surface area contributed by atoms with Gasteiger partial charge in [0.15, 0.2) is 23.3 Å². The molecule has 0 radical (unpaired) electrons. The molecule has 13 rings (SSSR count). The van der Waals surface area contributed by atoms with Gasteiger partial charge in [-0.15, -0.1) is 0 Å². The lowest BCUT2D eigenvalue weighted by atomic mass is 9.93. The van der Waals surface area contributed by atoms with Crippen LogP contribution in [-0.4, -0.2) is 29.9 Å². The van der Waals surface area contributed by atoms with Crippen molar-refractivity contribution in [3.8, 4) is 67.9 Å². The number of rotatable bonds is 6. The van der Waals surface area contributed by atoms with E-state index in [0.29, 0.717) is 23.3 Å². The zero-order chi connectivity index (χ0) is 43.6. The average Bonchev–Trinajstić information content (AvgIpc) is 3.41. The molecule has 0 aliphatic carbocycles. The van der Waals surface area contributed by atoms with Gasteiger partial charge in [-0.05, 0) is 118 Å². The molecular weight excluding hydrogens is 805 g/mol. The lowest BCUT2D eigenvalue weighted by molar-refractivity contribution is 1.07. The Morgan fingerprint density at radius 1 is 0.212 bits per heavy atom. The fraction of sp³-hybridized carbons (Fsp3) is 0. The van der Waals surface area contributed by atoms with Crippen molar-refractivity contribution in [3.05, 3.63) is 219 Å². The standard InChI is InChI=1S/C60H36N6/c1-3-19-48-44(15-1)46-17-5-7-21-50(46)54-35-40(23-25-52(48)54)56-29-32-62-57(63-56)41-13-9-11-38(33-41)39-12-10-14-42(34-39)59-64-58(37-27-30-61-31-28-37)65-60(66-59)43-24-26-53-49-20-4-2-16-45(49)47-18-6-8-22-51(47)55(53)36-43/h1-36H. The molecule has 3 aromatic heterocycles. The van der Waals surface area contributed by atoms with Crippen LogP contribution in [0.3, 0.4) is 0 Å². The van der Waals surface area contributed by atoms with E-state index < -0.39 is 0 Å². The largest absolute Gasteiger partial charge is 0.265 e. The molecule has 0 saturated heterocycles. The summed E-state index contributed by atoms with van der Waals surface area (Å²) in [4.78, 5) is 29.5. The molecule has 0 amide bonds. The molecule has 0 spiro atoms. The first kappa shape index (κ1) is 37.5. The molecule has 0 saturated carbocycles. The fourth-order valence-electron chi connectivity index (χ4n) is 9.71. The van der Waals surface area contributed by atoms with E-state index in [4.69, 9.17) is 24.9 Å². The first-order valence-corrected chi connectivity index (χ1v) is 22.1. The molecule has 0 N–H and O–H groups in total. The van der Waals surface area contributed by atoms with Crippen LogP contribution in [0.1, 0.15) is 0 Å². The van der Waals surface area contributed by atoms with E-state index in [2.05, 4.69) is 187 Å². The summed E-state index contributed by atoms with van der Waals surface area (Å²) in [6.45, 7) is 0. The highest BCUT2D eigenvalue weighted by Crippen LogP contribution is 2.39. The van der Waals surface area contributed by atoms with Gasteiger partial charge in [0.05, 0.1) is 5.69 Å². The smallest absolute Gasteiger partial charge is 0.164 e. The first-order chi connectivity index (χ1) is 32.7. The Morgan fingerprint density at radius 2 is 0.591 bits per heavy atom. The molecule has 0 fully saturated rings. The summed E-state index contributed by atoms with van der Waals surface area (Å²) in [5.74, 6) is 2.43.